The van der Waals surface area contributed by atoms with Crippen LogP contribution < -0.4 is 0 Å². The first-order valence-electron chi connectivity index (χ1n) is 7.83. The van der Waals surface area contributed by atoms with Crippen molar-refractivity contribution < 1.29 is 4.79 Å². The minimum atomic E-state index is 0.146. The van der Waals surface area contributed by atoms with Crippen LogP contribution in [0.4, 0.5) is 0 Å². The number of H-pyrrole nitrogens is 1. The Labute approximate surface area is 130 Å². The van der Waals surface area contributed by atoms with E-state index in [-0.39, 0.29) is 5.91 Å². The van der Waals surface area contributed by atoms with Gasteiger partial charge in [0, 0.05) is 30.4 Å². The highest BCUT2D eigenvalue weighted by atomic mass is 16.2. The lowest BCUT2D eigenvalue weighted by Gasteiger charge is -2.32. The molecule has 0 bridgehead atoms. The lowest BCUT2D eigenvalue weighted by Crippen LogP contribution is -2.41. The van der Waals surface area contributed by atoms with Crippen molar-refractivity contribution in [2.45, 2.75) is 46.1 Å². The minimum Gasteiger partial charge on any atom is -0.340 e. The lowest BCUT2D eigenvalue weighted by atomic mass is 9.93. The number of piperidine rings is 1. The van der Waals surface area contributed by atoms with E-state index < -0.39 is 0 Å². The van der Waals surface area contributed by atoms with Gasteiger partial charge in [-0.15, -0.1) is 0 Å². The van der Waals surface area contributed by atoms with E-state index >= 15 is 0 Å². The van der Waals surface area contributed by atoms with Gasteiger partial charge in [-0.1, -0.05) is 0 Å². The molecular formula is C16H23N5O. The lowest BCUT2D eigenvalue weighted by molar-refractivity contribution is -0.133. The number of nitrogens with zero attached hydrogens (tertiary/aromatic N) is 4. The van der Waals surface area contributed by atoms with E-state index in [1.54, 1.807) is 4.68 Å². The number of nitrogens with one attached hydrogen (secondary N) is 1. The number of hydrogen-bond acceptors (Lipinski definition) is 3. The Morgan fingerprint density at radius 3 is 2.86 bits per heavy atom. The molecule has 3 rings (SSSR count). The summed E-state index contributed by atoms with van der Waals surface area (Å²) in [4.78, 5) is 14.5. The summed E-state index contributed by atoms with van der Waals surface area (Å²) >= 11 is 0. The molecule has 1 aliphatic rings. The van der Waals surface area contributed by atoms with Crippen LogP contribution in [0.15, 0.2) is 12.3 Å². The second-order valence-electron chi connectivity index (χ2n) is 6.23. The molecule has 1 amide bonds. The highest BCUT2D eigenvalue weighted by Gasteiger charge is 2.26. The summed E-state index contributed by atoms with van der Waals surface area (Å²) in [7, 11) is 0. The van der Waals surface area contributed by atoms with Crippen molar-refractivity contribution in [1.29, 1.82) is 0 Å². The summed E-state index contributed by atoms with van der Waals surface area (Å²) in [6, 6.07) is 2.00. The third-order valence-corrected chi connectivity index (χ3v) is 4.44. The second kappa shape index (κ2) is 5.94. The molecule has 0 aliphatic carbocycles. The van der Waals surface area contributed by atoms with Crippen LogP contribution in [0.25, 0.3) is 0 Å². The van der Waals surface area contributed by atoms with Crippen molar-refractivity contribution in [3.8, 4) is 0 Å². The van der Waals surface area contributed by atoms with Crippen LogP contribution in [0.1, 0.15) is 41.4 Å². The summed E-state index contributed by atoms with van der Waals surface area (Å²) in [5, 5.41) is 11.6. The van der Waals surface area contributed by atoms with Gasteiger partial charge in [-0.2, -0.15) is 10.2 Å². The standard InChI is InChI=1S/C16H23N5O/c1-11-8-17-18-16(11)14-5-4-6-20(9-14)15(22)10-21-13(3)7-12(2)19-21/h7-8,14H,4-6,9-10H2,1-3H3,(H,17,18). The van der Waals surface area contributed by atoms with Crippen LogP contribution >= 0.6 is 0 Å². The number of carbonyl (C=O) groups excluding carboxylic acids is 1. The minimum absolute atomic E-state index is 0.146. The first-order valence-corrected chi connectivity index (χ1v) is 7.83. The number of aromatic nitrogens is 4. The Balaban J connectivity index is 1.68. The fourth-order valence-electron chi connectivity index (χ4n) is 3.27. The Morgan fingerprint density at radius 2 is 2.23 bits per heavy atom. The van der Waals surface area contributed by atoms with Crippen molar-refractivity contribution in [1.82, 2.24) is 24.9 Å². The van der Waals surface area contributed by atoms with Gasteiger partial charge in [0.05, 0.1) is 11.9 Å². The molecule has 2 aromatic rings. The molecule has 0 aromatic carbocycles. The van der Waals surface area contributed by atoms with Crippen molar-refractivity contribution in [2.75, 3.05) is 13.1 Å². The average molecular weight is 301 g/mol. The van der Waals surface area contributed by atoms with Crippen molar-refractivity contribution >= 4 is 5.91 Å². The van der Waals surface area contributed by atoms with Gasteiger partial charge < -0.3 is 4.90 Å². The molecule has 22 heavy (non-hydrogen) atoms. The molecule has 1 saturated heterocycles. The zero-order valence-electron chi connectivity index (χ0n) is 13.5. The van der Waals surface area contributed by atoms with Crippen LogP contribution in [0, 0.1) is 20.8 Å². The Morgan fingerprint density at radius 1 is 1.41 bits per heavy atom. The summed E-state index contributed by atoms with van der Waals surface area (Å²) in [5.74, 6) is 0.508. The second-order valence-corrected chi connectivity index (χ2v) is 6.23. The van der Waals surface area contributed by atoms with Crippen LogP contribution in [0.2, 0.25) is 0 Å². The summed E-state index contributed by atoms with van der Waals surface area (Å²) in [6.45, 7) is 7.93. The first-order chi connectivity index (χ1) is 10.5. The monoisotopic (exact) mass is 301 g/mol. The molecule has 1 N–H and O–H groups in total. The van der Waals surface area contributed by atoms with Gasteiger partial charge in [0.25, 0.3) is 0 Å². The maximum atomic E-state index is 12.6. The molecule has 1 aliphatic heterocycles. The van der Waals surface area contributed by atoms with E-state index in [4.69, 9.17) is 0 Å². The molecule has 1 fully saturated rings. The number of rotatable bonds is 3. The molecule has 0 radical (unpaired) electrons. The number of hydrogen-bond donors (Lipinski definition) is 1. The average Bonchev–Trinajstić information content (AvgIpc) is 3.05. The molecule has 2 aromatic heterocycles. The number of aryl methyl sites for hydroxylation is 3. The summed E-state index contributed by atoms with van der Waals surface area (Å²) in [5.41, 5.74) is 4.33. The topological polar surface area (TPSA) is 66.8 Å². The Bertz CT molecular complexity index is 672. The van der Waals surface area contributed by atoms with E-state index in [9.17, 15) is 4.79 Å². The summed E-state index contributed by atoms with van der Waals surface area (Å²) in [6.07, 6.45) is 3.99. The van der Waals surface area contributed by atoms with Gasteiger partial charge in [0.2, 0.25) is 5.91 Å². The van der Waals surface area contributed by atoms with E-state index in [2.05, 4.69) is 22.2 Å². The van der Waals surface area contributed by atoms with Crippen LogP contribution in [0.3, 0.4) is 0 Å². The summed E-state index contributed by atoms with van der Waals surface area (Å²) < 4.78 is 1.79. The van der Waals surface area contributed by atoms with Gasteiger partial charge in [0.1, 0.15) is 6.54 Å². The largest absolute Gasteiger partial charge is 0.340 e. The number of aromatic amines is 1. The van der Waals surface area contributed by atoms with E-state index in [0.717, 1.165) is 37.3 Å². The van der Waals surface area contributed by atoms with Gasteiger partial charge in [-0.25, -0.2) is 0 Å². The van der Waals surface area contributed by atoms with Gasteiger partial charge in [-0.3, -0.25) is 14.6 Å². The third-order valence-electron chi connectivity index (χ3n) is 4.44. The number of amides is 1. The highest BCUT2D eigenvalue weighted by molar-refractivity contribution is 5.76. The predicted molar refractivity (Wildman–Crippen MR) is 83.6 cm³/mol. The molecule has 6 nitrogen and oxygen atoms in total. The van der Waals surface area contributed by atoms with Crippen molar-refractivity contribution in [3.05, 3.63) is 34.9 Å². The molecule has 118 valence electrons. The van der Waals surface area contributed by atoms with E-state index in [0.29, 0.717) is 12.5 Å². The zero-order chi connectivity index (χ0) is 15.7. The molecule has 0 spiro atoms. The molecule has 3 heterocycles. The normalized spacial score (nSPS) is 18.7. The maximum Gasteiger partial charge on any atom is 0.244 e. The molecule has 1 atom stereocenters. The molecule has 1 unspecified atom stereocenters. The quantitative estimate of drug-likeness (QED) is 0.942. The van der Waals surface area contributed by atoms with Crippen molar-refractivity contribution in [3.63, 3.8) is 0 Å². The van der Waals surface area contributed by atoms with E-state index in [1.807, 2.05) is 31.0 Å². The van der Waals surface area contributed by atoms with Crippen LogP contribution in [-0.2, 0) is 11.3 Å². The third kappa shape index (κ3) is 2.91. The fraction of sp³-hybridized carbons (Fsp3) is 0.562. The first kappa shape index (κ1) is 14.8. The number of likely N-dealkylation sites (tertiary alicyclic amines) is 1. The van der Waals surface area contributed by atoms with Gasteiger partial charge in [-0.05, 0) is 45.2 Å². The SMILES string of the molecule is Cc1cc(C)n(CC(=O)N2CCCC(c3[nH]ncc3C)C2)n1. The Hall–Kier alpha value is -2.11. The smallest absolute Gasteiger partial charge is 0.244 e. The maximum absolute atomic E-state index is 12.6. The highest BCUT2D eigenvalue weighted by Crippen LogP contribution is 2.27. The predicted octanol–water partition coefficient (Wildman–Crippen LogP) is 1.94. The molecule has 6 heteroatoms. The van der Waals surface area contributed by atoms with Gasteiger partial charge in [0.15, 0.2) is 0 Å². The van der Waals surface area contributed by atoms with Crippen LogP contribution in [0.5, 0.6) is 0 Å². The number of carbonyl (C=O) groups is 1. The van der Waals surface area contributed by atoms with Crippen molar-refractivity contribution in [2.24, 2.45) is 0 Å². The molecule has 0 saturated carbocycles. The van der Waals surface area contributed by atoms with Crippen LogP contribution in [-0.4, -0.2) is 43.9 Å². The van der Waals surface area contributed by atoms with Gasteiger partial charge >= 0.3 is 0 Å². The fourth-order valence-corrected chi connectivity index (χ4v) is 3.27. The zero-order valence-corrected chi connectivity index (χ0v) is 13.5. The van der Waals surface area contributed by atoms with E-state index in [1.165, 1.54) is 11.3 Å². The molecular weight excluding hydrogens is 278 g/mol. The Kier molecular flexibility index (Phi) is 4.00.